The molecule has 0 aliphatic rings. The SMILES string of the molecule is CCCS(=O)(=O)Nc1ccc(NC(=O)C(C)(N)c2ccccc2)cc1. The smallest absolute Gasteiger partial charge is 0.248 e. The largest absolute Gasteiger partial charge is 0.324 e. The number of sulfonamides is 1. The highest BCUT2D eigenvalue weighted by Gasteiger charge is 2.30. The first-order valence-corrected chi connectivity index (χ1v) is 9.66. The molecule has 2 aromatic rings. The van der Waals surface area contributed by atoms with Crippen LogP contribution in [-0.2, 0) is 20.4 Å². The Bertz CT molecular complexity index is 816. The van der Waals surface area contributed by atoms with Gasteiger partial charge in [0.05, 0.1) is 5.75 Å². The highest BCUT2D eigenvalue weighted by molar-refractivity contribution is 7.92. The van der Waals surface area contributed by atoms with Crippen molar-refractivity contribution in [3.63, 3.8) is 0 Å². The molecule has 2 aromatic carbocycles. The van der Waals surface area contributed by atoms with Crippen molar-refractivity contribution in [2.45, 2.75) is 25.8 Å². The summed E-state index contributed by atoms with van der Waals surface area (Å²) in [5.41, 5.74) is 6.69. The first-order valence-electron chi connectivity index (χ1n) is 8.01. The zero-order valence-electron chi connectivity index (χ0n) is 14.3. The lowest BCUT2D eigenvalue weighted by atomic mass is 9.92. The Hall–Kier alpha value is -2.38. The van der Waals surface area contributed by atoms with Gasteiger partial charge >= 0.3 is 0 Å². The number of hydrogen-bond donors (Lipinski definition) is 3. The van der Waals surface area contributed by atoms with E-state index < -0.39 is 15.6 Å². The van der Waals surface area contributed by atoms with Crippen molar-refractivity contribution in [3.8, 4) is 0 Å². The van der Waals surface area contributed by atoms with Gasteiger partial charge in [-0.25, -0.2) is 8.42 Å². The summed E-state index contributed by atoms with van der Waals surface area (Å²) in [6.45, 7) is 3.44. The maximum atomic E-state index is 12.5. The minimum atomic E-state index is -3.34. The van der Waals surface area contributed by atoms with Gasteiger partial charge in [0.15, 0.2) is 0 Å². The van der Waals surface area contributed by atoms with Crippen LogP contribution in [0.15, 0.2) is 54.6 Å². The van der Waals surface area contributed by atoms with Crippen LogP contribution in [0.5, 0.6) is 0 Å². The molecule has 4 N–H and O–H groups in total. The third-order valence-corrected chi connectivity index (χ3v) is 5.23. The summed E-state index contributed by atoms with van der Waals surface area (Å²) in [4.78, 5) is 12.5. The molecule has 0 fully saturated rings. The van der Waals surface area contributed by atoms with Crippen LogP contribution in [0, 0.1) is 0 Å². The number of benzene rings is 2. The second kappa shape index (κ2) is 7.67. The molecule has 134 valence electrons. The zero-order chi connectivity index (χ0) is 18.5. The summed E-state index contributed by atoms with van der Waals surface area (Å²) in [7, 11) is -3.34. The fraction of sp³-hybridized carbons (Fsp3) is 0.278. The topological polar surface area (TPSA) is 101 Å². The molecule has 0 saturated heterocycles. The van der Waals surface area contributed by atoms with Crippen LogP contribution >= 0.6 is 0 Å². The number of carbonyl (C=O) groups excluding carboxylic acids is 1. The molecule has 7 heteroatoms. The van der Waals surface area contributed by atoms with Crippen LogP contribution in [0.25, 0.3) is 0 Å². The standard InChI is InChI=1S/C18H23N3O3S/c1-3-13-25(23,24)21-16-11-9-15(10-12-16)20-17(22)18(2,19)14-7-5-4-6-8-14/h4-12,21H,3,13,19H2,1-2H3,(H,20,22). The molecule has 1 atom stereocenters. The monoisotopic (exact) mass is 361 g/mol. The van der Waals surface area contributed by atoms with Gasteiger partial charge in [-0.3, -0.25) is 9.52 Å². The maximum Gasteiger partial charge on any atom is 0.248 e. The zero-order valence-corrected chi connectivity index (χ0v) is 15.1. The molecular weight excluding hydrogens is 338 g/mol. The second-order valence-electron chi connectivity index (χ2n) is 6.02. The van der Waals surface area contributed by atoms with E-state index in [1.807, 2.05) is 18.2 Å². The Morgan fingerprint density at radius 2 is 1.60 bits per heavy atom. The quantitative estimate of drug-likeness (QED) is 0.705. The highest BCUT2D eigenvalue weighted by Crippen LogP contribution is 2.21. The number of amides is 1. The predicted molar refractivity (Wildman–Crippen MR) is 101 cm³/mol. The van der Waals surface area contributed by atoms with E-state index in [9.17, 15) is 13.2 Å². The van der Waals surface area contributed by atoms with E-state index in [2.05, 4.69) is 10.0 Å². The van der Waals surface area contributed by atoms with E-state index in [0.29, 0.717) is 23.4 Å². The van der Waals surface area contributed by atoms with Crippen LogP contribution < -0.4 is 15.8 Å². The average molecular weight is 361 g/mol. The lowest BCUT2D eigenvalue weighted by molar-refractivity contribution is -0.120. The molecule has 0 aromatic heterocycles. The van der Waals surface area contributed by atoms with E-state index in [1.54, 1.807) is 50.2 Å². The normalized spacial score (nSPS) is 13.7. The van der Waals surface area contributed by atoms with E-state index in [1.165, 1.54) is 0 Å². The maximum absolute atomic E-state index is 12.5. The third kappa shape index (κ3) is 5.04. The first kappa shape index (κ1) is 19.0. The lowest BCUT2D eigenvalue weighted by Crippen LogP contribution is -2.45. The van der Waals surface area contributed by atoms with E-state index in [0.717, 1.165) is 0 Å². The third-order valence-electron chi connectivity index (χ3n) is 3.73. The van der Waals surface area contributed by atoms with Crippen molar-refractivity contribution in [1.29, 1.82) is 0 Å². The van der Waals surface area contributed by atoms with Gasteiger partial charge in [0, 0.05) is 11.4 Å². The summed E-state index contributed by atoms with van der Waals surface area (Å²) < 4.78 is 26.0. The van der Waals surface area contributed by atoms with Crippen molar-refractivity contribution in [3.05, 3.63) is 60.2 Å². The number of nitrogens with one attached hydrogen (secondary N) is 2. The van der Waals surface area contributed by atoms with Gasteiger partial charge in [0.1, 0.15) is 5.54 Å². The van der Waals surface area contributed by atoms with E-state index in [4.69, 9.17) is 5.73 Å². The molecule has 0 radical (unpaired) electrons. The molecule has 0 spiro atoms. The van der Waals surface area contributed by atoms with Crippen LogP contribution in [0.2, 0.25) is 0 Å². The molecule has 2 rings (SSSR count). The number of hydrogen-bond acceptors (Lipinski definition) is 4. The number of rotatable bonds is 7. The molecule has 0 saturated carbocycles. The minimum absolute atomic E-state index is 0.0636. The van der Waals surface area contributed by atoms with Crippen LogP contribution in [0.3, 0.4) is 0 Å². The van der Waals surface area contributed by atoms with Crippen LogP contribution in [0.1, 0.15) is 25.8 Å². The summed E-state index contributed by atoms with van der Waals surface area (Å²) in [6.07, 6.45) is 0.540. The Morgan fingerprint density at radius 3 is 2.16 bits per heavy atom. The Kier molecular flexibility index (Phi) is 5.81. The Morgan fingerprint density at radius 1 is 1.04 bits per heavy atom. The number of carbonyl (C=O) groups is 1. The molecule has 25 heavy (non-hydrogen) atoms. The molecule has 6 nitrogen and oxygen atoms in total. The van der Waals surface area contributed by atoms with Crippen molar-refractivity contribution in [2.75, 3.05) is 15.8 Å². The fourth-order valence-electron chi connectivity index (χ4n) is 2.30. The van der Waals surface area contributed by atoms with Crippen LogP contribution in [-0.4, -0.2) is 20.1 Å². The molecule has 1 amide bonds. The predicted octanol–water partition coefficient (Wildman–Crippen LogP) is 2.65. The Balaban J connectivity index is 2.07. The summed E-state index contributed by atoms with van der Waals surface area (Å²) >= 11 is 0. The molecular formula is C18H23N3O3S. The molecule has 0 aliphatic carbocycles. The van der Waals surface area contributed by atoms with Crippen molar-refractivity contribution >= 4 is 27.3 Å². The van der Waals surface area contributed by atoms with E-state index in [-0.39, 0.29) is 11.7 Å². The summed E-state index contributed by atoms with van der Waals surface area (Å²) in [5, 5.41) is 2.75. The highest BCUT2D eigenvalue weighted by atomic mass is 32.2. The van der Waals surface area contributed by atoms with Crippen molar-refractivity contribution in [2.24, 2.45) is 5.73 Å². The van der Waals surface area contributed by atoms with Gasteiger partial charge in [-0.15, -0.1) is 0 Å². The van der Waals surface area contributed by atoms with Gasteiger partial charge in [-0.2, -0.15) is 0 Å². The molecule has 0 heterocycles. The minimum Gasteiger partial charge on any atom is -0.324 e. The van der Waals surface area contributed by atoms with Gasteiger partial charge in [-0.05, 0) is 43.2 Å². The Labute approximate surface area is 148 Å². The second-order valence-corrected chi connectivity index (χ2v) is 7.86. The lowest BCUT2D eigenvalue weighted by Gasteiger charge is -2.24. The van der Waals surface area contributed by atoms with Crippen molar-refractivity contribution < 1.29 is 13.2 Å². The van der Waals surface area contributed by atoms with Gasteiger partial charge in [0.25, 0.3) is 0 Å². The van der Waals surface area contributed by atoms with Gasteiger partial charge in [0.2, 0.25) is 15.9 Å². The average Bonchev–Trinajstić information content (AvgIpc) is 2.57. The van der Waals surface area contributed by atoms with Gasteiger partial charge in [-0.1, -0.05) is 37.3 Å². The van der Waals surface area contributed by atoms with Gasteiger partial charge < -0.3 is 11.1 Å². The number of anilines is 2. The molecule has 1 unspecified atom stereocenters. The number of nitrogens with two attached hydrogens (primary N) is 1. The van der Waals surface area contributed by atoms with Crippen LogP contribution in [0.4, 0.5) is 11.4 Å². The molecule has 0 aliphatic heterocycles. The fourth-order valence-corrected chi connectivity index (χ4v) is 3.43. The van der Waals surface area contributed by atoms with Crippen molar-refractivity contribution in [1.82, 2.24) is 0 Å². The summed E-state index contributed by atoms with van der Waals surface area (Å²) in [5.74, 6) is -0.285. The first-order chi connectivity index (χ1) is 11.7. The van der Waals surface area contributed by atoms with E-state index >= 15 is 0 Å². The summed E-state index contributed by atoms with van der Waals surface area (Å²) in [6, 6.07) is 15.5. The molecule has 0 bridgehead atoms.